The van der Waals surface area contributed by atoms with E-state index < -0.39 is 0 Å². The van der Waals surface area contributed by atoms with E-state index in [0.717, 1.165) is 25.9 Å². The third kappa shape index (κ3) is 4.79. The van der Waals surface area contributed by atoms with Gasteiger partial charge in [-0.2, -0.15) is 0 Å². The summed E-state index contributed by atoms with van der Waals surface area (Å²) in [5.74, 6) is -0.221. The van der Waals surface area contributed by atoms with E-state index in [0.29, 0.717) is 28.2 Å². The van der Waals surface area contributed by atoms with Crippen LogP contribution in [0.3, 0.4) is 0 Å². The van der Waals surface area contributed by atoms with Crippen LogP contribution in [0, 0.1) is 0 Å². The molecule has 2 unspecified atom stereocenters. The van der Waals surface area contributed by atoms with Gasteiger partial charge in [-0.25, -0.2) is 0 Å². The van der Waals surface area contributed by atoms with Crippen LogP contribution < -0.4 is 10.6 Å². The number of thiophene rings is 1. The molecule has 2 saturated heterocycles. The van der Waals surface area contributed by atoms with E-state index in [1.54, 1.807) is 30.6 Å². The molecule has 2 aromatic rings. The summed E-state index contributed by atoms with van der Waals surface area (Å²) in [6, 6.07) is 6.03. The first-order valence-electron chi connectivity index (χ1n) is 8.55. The molecule has 0 spiro atoms. The summed E-state index contributed by atoms with van der Waals surface area (Å²) >= 11 is 1.38. The number of rotatable bonds is 3. The number of pyridine rings is 1. The van der Waals surface area contributed by atoms with Gasteiger partial charge in [0.15, 0.2) is 0 Å². The molecule has 2 fully saturated rings. The van der Waals surface area contributed by atoms with E-state index in [4.69, 9.17) is 0 Å². The van der Waals surface area contributed by atoms with Crippen LogP contribution >= 0.6 is 36.2 Å². The topological polar surface area (TPSA) is 74.3 Å². The third-order valence-corrected chi connectivity index (χ3v) is 5.76. The number of nitrogens with one attached hydrogen (secondary N) is 2. The van der Waals surface area contributed by atoms with Crippen LogP contribution in [-0.2, 0) is 0 Å². The number of carbonyl (C=O) groups excluding carboxylic acids is 2. The van der Waals surface area contributed by atoms with Crippen molar-refractivity contribution in [3.8, 4) is 0 Å². The van der Waals surface area contributed by atoms with E-state index in [1.165, 1.54) is 17.8 Å². The van der Waals surface area contributed by atoms with Crippen LogP contribution in [0.2, 0.25) is 0 Å². The Kier molecular flexibility index (Phi) is 7.61. The highest BCUT2D eigenvalue weighted by atomic mass is 35.5. The number of amides is 2. The third-order valence-electron chi connectivity index (χ3n) is 4.86. The Morgan fingerprint density at radius 1 is 1.11 bits per heavy atom. The molecule has 4 rings (SSSR count). The number of hydrogen-bond acceptors (Lipinski definition) is 5. The molecular formula is C18H22Cl2N4O2S. The highest BCUT2D eigenvalue weighted by molar-refractivity contribution is 7.12. The molecule has 2 bridgehead atoms. The molecule has 0 aliphatic carbocycles. The van der Waals surface area contributed by atoms with Crippen LogP contribution in [0.1, 0.15) is 39.3 Å². The maximum atomic E-state index is 13.0. The molecule has 4 heterocycles. The highest BCUT2D eigenvalue weighted by Gasteiger charge is 2.32. The maximum absolute atomic E-state index is 13.0. The summed E-state index contributed by atoms with van der Waals surface area (Å²) in [6.45, 7) is 1.51. The molecule has 0 aromatic carbocycles. The van der Waals surface area contributed by atoms with Crippen molar-refractivity contribution >= 4 is 53.7 Å². The lowest BCUT2D eigenvalue weighted by molar-refractivity contribution is 0.0754. The smallest absolute Gasteiger partial charge is 0.266 e. The molecule has 9 heteroatoms. The van der Waals surface area contributed by atoms with Gasteiger partial charge in [0, 0.05) is 43.1 Å². The van der Waals surface area contributed by atoms with Crippen LogP contribution in [0.15, 0.2) is 36.0 Å². The number of hydrogen-bond donors (Lipinski definition) is 2. The number of halogens is 2. The van der Waals surface area contributed by atoms with Crippen molar-refractivity contribution in [1.82, 2.24) is 15.2 Å². The lowest BCUT2D eigenvalue weighted by Crippen LogP contribution is -2.39. The lowest BCUT2D eigenvalue weighted by Gasteiger charge is -2.24. The number of aromatic nitrogens is 1. The number of anilines is 1. The Bertz CT molecular complexity index is 787. The molecule has 2 aliphatic heterocycles. The minimum absolute atomic E-state index is 0. The molecule has 2 amide bonds. The van der Waals surface area contributed by atoms with Crippen molar-refractivity contribution in [2.45, 2.75) is 31.3 Å². The Hall–Kier alpha value is -1.67. The first-order valence-corrected chi connectivity index (χ1v) is 9.43. The number of likely N-dealkylation sites (tertiary alicyclic amines) is 1. The highest BCUT2D eigenvalue weighted by Crippen LogP contribution is 2.27. The van der Waals surface area contributed by atoms with Gasteiger partial charge in [0.2, 0.25) is 0 Å². The molecule has 6 nitrogen and oxygen atoms in total. The van der Waals surface area contributed by atoms with Gasteiger partial charge in [0.05, 0.1) is 5.69 Å². The minimum atomic E-state index is -0.230. The van der Waals surface area contributed by atoms with Gasteiger partial charge < -0.3 is 15.5 Å². The van der Waals surface area contributed by atoms with Gasteiger partial charge in [0.25, 0.3) is 11.8 Å². The predicted molar refractivity (Wildman–Crippen MR) is 111 cm³/mol. The Morgan fingerprint density at radius 2 is 1.85 bits per heavy atom. The fraction of sp³-hybridized carbons (Fsp3) is 0.389. The Labute approximate surface area is 174 Å². The maximum Gasteiger partial charge on any atom is 0.266 e. The first kappa shape index (κ1) is 21.6. The molecule has 2 atom stereocenters. The van der Waals surface area contributed by atoms with Crippen LogP contribution in [-0.4, -0.2) is 46.9 Å². The molecule has 146 valence electrons. The van der Waals surface area contributed by atoms with E-state index in [9.17, 15) is 9.59 Å². The summed E-state index contributed by atoms with van der Waals surface area (Å²) < 4.78 is 0. The monoisotopic (exact) mass is 428 g/mol. The van der Waals surface area contributed by atoms with Gasteiger partial charge >= 0.3 is 0 Å². The van der Waals surface area contributed by atoms with E-state index in [-0.39, 0.29) is 36.6 Å². The largest absolute Gasteiger partial charge is 0.336 e. The summed E-state index contributed by atoms with van der Waals surface area (Å²) in [6.07, 6.45) is 6.48. The number of nitrogens with zero attached hydrogens (tertiary/aromatic N) is 2. The molecule has 0 saturated carbocycles. The van der Waals surface area contributed by atoms with Crippen molar-refractivity contribution in [2.75, 3.05) is 18.4 Å². The normalized spacial score (nSPS) is 20.8. The average molecular weight is 429 g/mol. The molecule has 0 radical (unpaired) electrons. The summed E-state index contributed by atoms with van der Waals surface area (Å²) in [5.41, 5.74) is 1.11. The van der Waals surface area contributed by atoms with Crippen molar-refractivity contribution in [2.24, 2.45) is 0 Å². The van der Waals surface area contributed by atoms with Crippen LogP contribution in [0.25, 0.3) is 0 Å². The zero-order chi connectivity index (χ0) is 17.2. The summed E-state index contributed by atoms with van der Waals surface area (Å²) in [5, 5.41) is 8.29. The average Bonchev–Trinajstić information content (AvgIpc) is 3.21. The van der Waals surface area contributed by atoms with E-state index in [1.807, 2.05) is 10.3 Å². The van der Waals surface area contributed by atoms with Gasteiger partial charge in [-0.1, -0.05) is 0 Å². The second kappa shape index (κ2) is 9.50. The number of fused-ring (bicyclic) bond motifs is 2. The number of carbonyl (C=O) groups is 2. The second-order valence-electron chi connectivity index (χ2n) is 6.53. The van der Waals surface area contributed by atoms with Crippen LogP contribution in [0.5, 0.6) is 0 Å². The Morgan fingerprint density at radius 3 is 2.63 bits per heavy atom. The van der Waals surface area contributed by atoms with Gasteiger partial charge in [-0.3, -0.25) is 14.6 Å². The predicted octanol–water partition coefficient (Wildman–Crippen LogP) is 3.21. The second-order valence-corrected chi connectivity index (χ2v) is 7.45. The fourth-order valence-corrected chi connectivity index (χ4v) is 4.36. The van der Waals surface area contributed by atoms with Gasteiger partial charge in [-0.05, 0) is 42.8 Å². The van der Waals surface area contributed by atoms with Crippen LogP contribution in [0.4, 0.5) is 5.69 Å². The quantitative estimate of drug-likeness (QED) is 0.786. The van der Waals surface area contributed by atoms with Gasteiger partial charge in [0.1, 0.15) is 4.88 Å². The van der Waals surface area contributed by atoms with Crippen molar-refractivity contribution in [3.63, 3.8) is 0 Å². The lowest BCUT2D eigenvalue weighted by atomic mass is 10.1. The first-order chi connectivity index (χ1) is 12.2. The van der Waals surface area contributed by atoms with Gasteiger partial charge in [-0.15, -0.1) is 36.2 Å². The van der Waals surface area contributed by atoms with E-state index >= 15 is 0 Å². The fourth-order valence-electron chi connectivity index (χ4n) is 3.54. The minimum Gasteiger partial charge on any atom is -0.336 e. The molecular weight excluding hydrogens is 407 g/mol. The SMILES string of the molecule is Cl.Cl.O=C(Nc1ccsc1C(=O)N1CCC2CCC(C1)N2)c1ccncc1. The standard InChI is InChI=1S/C18H20N4O2S.2ClH/c23-17(12-3-7-19-8-4-12)21-15-6-10-25-16(15)18(24)22-9-5-13-1-2-14(11-22)20-13;;/h3-4,6-8,10,13-14,20H,1-2,5,9,11H2,(H,21,23);2*1H. The summed E-state index contributed by atoms with van der Waals surface area (Å²) in [4.78, 5) is 31.8. The zero-order valence-electron chi connectivity index (χ0n) is 14.6. The molecule has 2 aromatic heterocycles. The molecule has 27 heavy (non-hydrogen) atoms. The van der Waals surface area contributed by atoms with Crippen molar-refractivity contribution < 1.29 is 9.59 Å². The van der Waals surface area contributed by atoms with E-state index in [2.05, 4.69) is 15.6 Å². The summed E-state index contributed by atoms with van der Waals surface area (Å²) in [7, 11) is 0. The Balaban J connectivity index is 0.00000131. The van der Waals surface area contributed by atoms with Crippen molar-refractivity contribution in [3.05, 3.63) is 46.4 Å². The molecule has 2 aliphatic rings. The zero-order valence-corrected chi connectivity index (χ0v) is 17.0. The molecule has 2 N–H and O–H groups in total. The van der Waals surface area contributed by atoms with Crippen molar-refractivity contribution in [1.29, 1.82) is 0 Å².